The number of rotatable bonds is 4. The molecule has 1 fully saturated rings. The summed E-state index contributed by atoms with van der Waals surface area (Å²) in [6.45, 7) is 11.5. The molecule has 0 saturated carbocycles. The highest BCUT2D eigenvalue weighted by molar-refractivity contribution is 5.84. The summed E-state index contributed by atoms with van der Waals surface area (Å²) in [7, 11) is 0. The topological polar surface area (TPSA) is 106 Å². The minimum absolute atomic E-state index is 0.0346. The molecule has 0 bridgehead atoms. The molecule has 3 aromatic heterocycles. The smallest absolute Gasteiger partial charge is 0.233 e. The molecule has 1 aliphatic heterocycles. The Hall–Kier alpha value is -3.59. The molecule has 36 heavy (non-hydrogen) atoms. The van der Waals surface area contributed by atoms with Crippen LogP contribution in [0.3, 0.4) is 0 Å². The Morgan fingerprint density at radius 2 is 1.86 bits per heavy atom. The van der Waals surface area contributed by atoms with Gasteiger partial charge in [0.2, 0.25) is 5.88 Å². The van der Waals surface area contributed by atoms with Gasteiger partial charge in [-0.3, -0.25) is 0 Å². The van der Waals surface area contributed by atoms with Crippen molar-refractivity contribution < 1.29 is 18.7 Å². The van der Waals surface area contributed by atoms with Crippen molar-refractivity contribution >= 4 is 11.1 Å². The maximum absolute atomic E-state index is 15.1. The van der Waals surface area contributed by atoms with Crippen molar-refractivity contribution in [3.8, 4) is 34.1 Å². The summed E-state index contributed by atoms with van der Waals surface area (Å²) in [6.07, 6.45) is 0.284. The van der Waals surface area contributed by atoms with Crippen LogP contribution in [0.5, 0.6) is 11.6 Å². The van der Waals surface area contributed by atoms with E-state index in [9.17, 15) is 5.11 Å². The number of hydrogen-bond acceptors (Lipinski definition) is 8. The number of nitrogens with zero attached hydrogens (tertiary/aromatic N) is 4. The van der Waals surface area contributed by atoms with Crippen LogP contribution in [0.25, 0.3) is 33.6 Å². The second-order valence-corrected chi connectivity index (χ2v) is 10.7. The standard InChI is InChI=1S/C27H30FN5O3/c1-14-9-16(11-20-23(14)30-15(2)35-20)17-10-19(34)24(29-13-17)18-7-8-22(32-31-18)36-21-12-26(3,4)33-27(5,6)25(21)28/h7-11,13,21,25,33-34H,12H2,1-6H3/t21-,25-/m0/s1. The lowest BCUT2D eigenvalue weighted by molar-refractivity contribution is -0.0281. The molecule has 2 atom stereocenters. The lowest BCUT2D eigenvalue weighted by atomic mass is 9.79. The predicted molar refractivity (Wildman–Crippen MR) is 135 cm³/mol. The van der Waals surface area contributed by atoms with Crippen LogP contribution in [0, 0.1) is 13.8 Å². The van der Waals surface area contributed by atoms with Crippen LogP contribution in [0.4, 0.5) is 4.39 Å². The summed E-state index contributed by atoms with van der Waals surface area (Å²) >= 11 is 0. The van der Waals surface area contributed by atoms with Crippen LogP contribution in [-0.2, 0) is 0 Å². The molecule has 1 aromatic carbocycles. The van der Waals surface area contributed by atoms with Gasteiger partial charge in [-0.1, -0.05) is 0 Å². The molecule has 0 aliphatic carbocycles. The zero-order chi connectivity index (χ0) is 25.8. The molecule has 2 N–H and O–H groups in total. The highest BCUT2D eigenvalue weighted by atomic mass is 19.1. The van der Waals surface area contributed by atoms with Gasteiger partial charge in [-0.15, -0.1) is 10.2 Å². The van der Waals surface area contributed by atoms with E-state index in [1.807, 2.05) is 53.7 Å². The van der Waals surface area contributed by atoms with Gasteiger partial charge < -0.3 is 19.6 Å². The quantitative estimate of drug-likeness (QED) is 0.396. The Kier molecular flexibility index (Phi) is 5.70. The number of benzene rings is 1. The number of fused-ring (bicyclic) bond motifs is 1. The van der Waals surface area contributed by atoms with Gasteiger partial charge in [0, 0.05) is 42.2 Å². The van der Waals surface area contributed by atoms with Crippen molar-refractivity contribution in [2.24, 2.45) is 0 Å². The molecule has 4 heterocycles. The molecule has 1 aliphatic rings. The molecule has 0 spiro atoms. The maximum Gasteiger partial charge on any atom is 0.233 e. The number of pyridine rings is 1. The largest absolute Gasteiger partial charge is 0.506 e. The van der Waals surface area contributed by atoms with Gasteiger partial charge in [0.25, 0.3) is 0 Å². The van der Waals surface area contributed by atoms with Crippen LogP contribution < -0.4 is 10.1 Å². The van der Waals surface area contributed by atoms with Gasteiger partial charge in [0.15, 0.2) is 17.6 Å². The molecule has 4 aromatic rings. The number of aryl methyl sites for hydroxylation is 2. The Morgan fingerprint density at radius 3 is 2.56 bits per heavy atom. The Balaban J connectivity index is 1.37. The van der Waals surface area contributed by atoms with Gasteiger partial charge in [-0.25, -0.2) is 14.4 Å². The van der Waals surface area contributed by atoms with Gasteiger partial charge >= 0.3 is 0 Å². The number of nitrogens with one attached hydrogen (secondary N) is 1. The van der Waals surface area contributed by atoms with Gasteiger partial charge in [0.05, 0.1) is 0 Å². The summed E-state index contributed by atoms with van der Waals surface area (Å²) in [5.41, 5.74) is 3.72. The number of halogens is 1. The summed E-state index contributed by atoms with van der Waals surface area (Å²) in [5.74, 6) is 0.789. The normalized spacial score (nSPS) is 21.0. The van der Waals surface area contributed by atoms with E-state index in [4.69, 9.17) is 9.15 Å². The van der Waals surface area contributed by atoms with E-state index in [2.05, 4.69) is 25.5 Å². The van der Waals surface area contributed by atoms with Crippen LogP contribution in [0.1, 0.15) is 45.6 Å². The molecule has 1 saturated heterocycles. The van der Waals surface area contributed by atoms with Crippen molar-refractivity contribution in [2.75, 3.05) is 0 Å². The summed E-state index contributed by atoms with van der Waals surface area (Å²) in [4.78, 5) is 8.83. The van der Waals surface area contributed by atoms with Crippen molar-refractivity contribution in [2.45, 2.75) is 71.3 Å². The first-order valence-electron chi connectivity index (χ1n) is 11.9. The molecular formula is C27H30FN5O3. The van der Waals surface area contributed by atoms with E-state index in [1.165, 1.54) is 0 Å². The van der Waals surface area contributed by atoms with Crippen LogP contribution in [-0.4, -0.2) is 48.6 Å². The van der Waals surface area contributed by atoms with Gasteiger partial charge in [-0.05, 0) is 70.0 Å². The molecule has 0 radical (unpaired) electrons. The van der Waals surface area contributed by atoms with Crippen molar-refractivity contribution in [3.63, 3.8) is 0 Å². The molecule has 0 unspecified atom stereocenters. The summed E-state index contributed by atoms with van der Waals surface area (Å²) in [6, 6.07) is 8.77. The number of oxazole rings is 1. The predicted octanol–water partition coefficient (Wildman–Crippen LogP) is 5.31. The van der Waals surface area contributed by atoms with Crippen LogP contribution in [0.15, 0.2) is 40.9 Å². The first-order chi connectivity index (χ1) is 16.9. The van der Waals surface area contributed by atoms with Crippen molar-refractivity contribution in [1.29, 1.82) is 0 Å². The number of piperidine rings is 1. The molecule has 188 valence electrons. The fraction of sp³-hybridized carbons (Fsp3) is 0.407. The van der Waals surface area contributed by atoms with Gasteiger partial charge in [-0.2, -0.15) is 0 Å². The Bertz CT molecular complexity index is 1430. The highest BCUT2D eigenvalue weighted by Crippen LogP contribution is 2.35. The molecule has 0 amide bonds. The average molecular weight is 492 g/mol. The second kappa shape index (κ2) is 8.51. The summed E-state index contributed by atoms with van der Waals surface area (Å²) in [5, 5.41) is 22.3. The zero-order valence-electron chi connectivity index (χ0n) is 21.3. The average Bonchev–Trinajstić information content (AvgIpc) is 3.18. The zero-order valence-corrected chi connectivity index (χ0v) is 21.3. The molecule has 8 nitrogen and oxygen atoms in total. The van der Waals surface area contributed by atoms with Gasteiger partial charge in [0.1, 0.15) is 28.8 Å². The Labute approximate surface area is 209 Å². The number of alkyl halides is 1. The van der Waals surface area contributed by atoms with Crippen LogP contribution in [0.2, 0.25) is 0 Å². The monoisotopic (exact) mass is 491 g/mol. The Morgan fingerprint density at radius 1 is 1.08 bits per heavy atom. The number of aromatic hydroxyl groups is 1. The first kappa shape index (κ1) is 24.1. The third-order valence-electron chi connectivity index (χ3n) is 6.54. The van der Waals surface area contributed by atoms with E-state index in [1.54, 1.807) is 24.4 Å². The number of hydrogen-bond donors (Lipinski definition) is 2. The maximum atomic E-state index is 15.1. The van der Waals surface area contributed by atoms with E-state index >= 15 is 4.39 Å². The lowest BCUT2D eigenvalue weighted by Gasteiger charge is -2.48. The van der Waals surface area contributed by atoms with E-state index in [-0.39, 0.29) is 17.2 Å². The highest BCUT2D eigenvalue weighted by Gasteiger charge is 2.47. The molecular weight excluding hydrogens is 461 g/mol. The molecule has 5 rings (SSSR count). The van der Waals surface area contributed by atoms with E-state index in [0.29, 0.717) is 29.3 Å². The third kappa shape index (κ3) is 4.51. The van der Waals surface area contributed by atoms with Crippen molar-refractivity contribution in [3.05, 3.63) is 48.0 Å². The fourth-order valence-corrected chi connectivity index (χ4v) is 5.11. The third-order valence-corrected chi connectivity index (χ3v) is 6.54. The first-order valence-corrected chi connectivity index (χ1v) is 11.9. The van der Waals surface area contributed by atoms with E-state index in [0.717, 1.165) is 22.2 Å². The second-order valence-electron chi connectivity index (χ2n) is 10.7. The lowest BCUT2D eigenvalue weighted by Crippen LogP contribution is -2.66. The minimum atomic E-state index is -1.21. The summed E-state index contributed by atoms with van der Waals surface area (Å²) < 4.78 is 26.6. The number of aromatic nitrogens is 4. The molecule has 9 heteroatoms. The van der Waals surface area contributed by atoms with E-state index < -0.39 is 17.8 Å². The SMILES string of the molecule is Cc1nc2c(C)cc(-c3cnc(-c4ccc(O[C@H]5CC(C)(C)NC(C)(C)[C@H]5F)nn4)c(O)c3)cc2o1. The number of ether oxygens (including phenoxy) is 1. The van der Waals surface area contributed by atoms with Crippen LogP contribution >= 0.6 is 0 Å². The minimum Gasteiger partial charge on any atom is -0.506 e. The fourth-order valence-electron chi connectivity index (χ4n) is 5.11. The van der Waals surface area contributed by atoms with Crippen molar-refractivity contribution in [1.82, 2.24) is 25.5 Å².